The van der Waals surface area contributed by atoms with Crippen molar-refractivity contribution in [3.05, 3.63) is 77.4 Å². The summed E-state index contributed by atoms with van der Waals surface area (Å²) in [6, 6.07) is 17.1. The van der Waals surface area contributed by atoms with Crippen LogP contribution in [-0.2, 0) is 6.42 Å². The van der Waals surface area contributed by atoms with Gasteiger partial charge in [-0.1, -0.05) is 66.2 Å². The molecule has 2 aromatic carbocycles. The number of hydrogen-bond acceptors (Lipinski definition) is 1. The van der Waals surface area contributed by atoms with Crippen molar-refractivity contribution in [1.29, 1.82) is 0 Å². The predicted molar refractivity (Wildman–Crippen MR) is 83.1 cm³/mol. The molecule has 2 aromatic rings. The van der Waals surface area contributed by atoms with E-state index in [1.807, 2.05) is 0 Å². The van der Waals surface area contributed by atoms with Crippen LogP contribution in [0, 0.1) is 13.8 Å². The number of benzene rings is 2. The fourth-order valence-corrected chi connectivity index (χ4v) is 1.97. The fraction of sp³-hybridized carbons (Fsp3) is 0.222. The molecule has 0 fully saturated rings. The minimum absolute atomic E-state index is 0.912. The Morgan fingerprint density at radius 2 is 1.42 bits per heavy atom. The summed E-state index contributed by atoms with van der Waals surface area (Å²) in [4.78, 5) is 0. The summed E-state index contributed by atoms with van der Waals surface area (Å²) in [5.74, 6) is 0. The van der Waals surface area contributed by atoms with E-state index in [-0.39, 0.29) is 0 Å². The van der Waals surface area contributed by atoms with Crippen LogP contribution in [0.2, 0.25) is 0 Å². The molecule has 1 heteroatoms. The number of rotatable bonds is 5. The summed E-state index contributed by atoms with van der Waals surface area (Å²) >= 11 is 0. The molecule has 1 nitrogen and oxygen atoms in total. The topological polar surface area (TPSA) is 12.0 Å². The van der Waals surface area contributed by atoms with Crippen LogP contribution < -0.4 is 5.32 Å². The molecule has 1 N–H and O–H groups in total. The maximum absolute atomic E-state index is 4.09. The Kier molecular flexibility index (Phi) is 4.40. The smallest absolute Gasteiger partial charge is 0.0340 e. The standard InChI is InChI=1S/C18H21N/c1-14-4-8-17(9-5-14)12-13-19-16(3)18-10-6-15(2)7-11-18/h4-11,19H,3,12-13H2,1-2H3. The van der Waals surface area contributed by atoms with Gasteiger partial charge < -0.3 is 5.32 Å². The fourth-order valence-electron chi connectivity index (χ4n) is 1.97. The highest BCUT2D eigenvalue weighted by Gasteiger charge is 1.98. The van der Waals surface area contributed by atoms with Crippen LogP contribution in [0.25, 0.3) is 5.70 Å². The first-order chi connectivity index (χ1) is 9.15. The molecule has 2 rings (SSSR count). The van der Waals surface area contributed by atoms with Crippen LogP contribution in [0.15, 0.2) is 55.1 Å². The van der Waals surface area contributed by atoms with Gasteiger partial charge >= 0.3 is 0 Å². The summed E-state index contributed by atoms with van der Waals surface area (Å²) in [6.07, 6.45) is 1.02. The van der Waals surface area contributed by atoms with Crippen molar-refractivity contribution in [3.63, 3.8) is 0 Å². The van der Waals surface area contributed by atoms with Crippen LogP contribution in [0.5, 0.6) is 0 Å². The van der Waals surface area contributed by atoms with Gasteiger partial charge in [0.05, 0.1) is 0 Å². The van der Waals surface area contributed by atoms with Gasteiger partial charge in [-0.3, -0.25) is 0 Å². The van der Waals surface area contributed by atoms with E-state index < -0.39 is 0 Å². The van der Waals surface area contributed by atoms with Gasteiger partial charge in [0.15, 0.2) is 0 Å². The van der Waals surface area contributed by atoms with Gasteiger partial charge in [-0.15, -0.1) is 0 Å². The molecule has 0 aliphatic rings. The molecule has 0 unspecified atom stereocenters. The third kappa shape index (κ3) is 3.99. The van der Waals surface area contributed by atoms with Crippen molar-refractivity contribution in [2.75, 3.05) is 6.54 Å². The highest BCUT2D eigenvalue weighted by atomic mass is 14.9. The van der Waals surface area contributed by atoms with Gasteiger partial charge in [0.2, 0.25) is 0 Å². The summed E-state index contributed by atoms with van der Waals surface area (Å²) in [7, 11) is 0. The molecule has 0 aromatic heterocycles. The van der Waals surface area contributed by atoms with E-state index in [4.69, 9.17) is 0 Å². The van der Waals surface area contributed by atoms with Gasteiger partial charge in [0.25, 0.3) is 0 Å². The summed E-state index contributed by atoms with van der Waals surface area (Å²) in [5, 5.41) is 3.39. The second kappa shape index (κ2) is 6.24. The van der Waals surface area contributed by atoms with Crippen LogP contribution >= 0.6 is 0 Å². The lowest BCUT2D eigenvalue weighted by molar-refractivity contribution is 0.849. The molecule has 0 saturated heterocycles. The normalized spacial score (nSPS) is 10.2. The van der Waals surface area contributed by atoms with Gasteiger partial charge in [-0.2, -0.15) is 0 Å². The molecule has 0 spiro atoms. The molecule has 0 saturated carbocycles. The second-order valence-electron chi connectivity index (χ2n) is 5.01. The molecule has 0 atom stereocenters. The van der Waals surface area contributed by atoms with Crippen LogP contribution in [0.1, 0.15) is 22.3 Å². The van der Waals surface area contributed by atoms with Crippen LogP contribution in [0.4, 0.5) is 0 Å². The Balaban J connectivity index is 1.84. The molecule has 0 amide bonds. The van der Waals surface area contributed by atoms with Crippen LogP contribution in [0.3, 0.4) is 0 Å². The first-order valence-corrected chi connectivity index (χ1v) is 6.70. The van der Waals surface area contributed by atoms with E-state index in [0.29, 0.717) is 0 Å². The van der Waals surface area contributed by atoms with E-state index >= 15 is 0 Å². The third-order valence-electron chi connectivity index (χ3n) is 3.27. The van der Waals surface area contributed by atoms with E-state index in [1.165, 1.54) is 16.7 Å². The first-order valence-electron chi connectivity index (χ1n) is 6.70. The van der Waals surface area contributed by atoms with Crippen molar-refractivity contribution in [2.45, 2.75) is 20.3 Å². The number of nitrogens with one attached hydrogen (secondary N) is 1. The van der Waals surface area contributed by atoms with Gasteiger partial charge in [-0.05, 0) is 31.4 Å². The Hall–Kier alpha value is -2.02. The Bertz CT molecular complexity index is 535. The SMILES string of the molecule is C=C(NCCc1ccc(C)cc1)c1ccc(C)cc1. The minimum atomic E-state index is 0.912. The van der Waals surface area contributed by atoms with Crippen molar-refractivity contribution >= 4 is 5.70 Å². The predicted octanol–water partition coefficient (Wildman–Crippen LogP) is 4.11. The highest BCUT2D eigenvalue weighted by Crippen LogP contribution is 2.11. The zero-order valence-corrected chi connectivity index (χ0v) is 11.7. The molecule has 0 aliphatic carbocycles. The van der Waals surface area contributed by atoms with Crippen molar-refractivity contribution < 1.29 is 0 Å². The zero-order chi connectivity index (χ0) is 13.7. The highest BCUT2D eigenvalue weighted by molar-refractivity contribution is 5.61. The molecule has 0 aliphatic heterocycles. The average Bonchev–Trinajstić information content (AvgIpc) is 2.41. The first kappa shape index (κ1) is 13.4. The van der Waals surface area contributed by atoms with Crippen molar-refractivity contribution in [3.8, 4) is 0 Å². The quantitative estimate of drug-likeness (QED) is 0.843. The third-order valence-corrected chi connectivity index (χ3v) is 3.27. The van der Waals surface area contributed by atoms with Crippen molar-refractivity contribution in [2.24, 2.45) is 0 Å². The maximum atomic E-state index is 4.09. The van der Waals surface area contributed by atoms with E-state index in [1.54, 1.807) is 0 Å². The Labute approximate surface area is 116 Å². The second-order valence-corrected chi connectivity index (χ2v) is 5.01. The lowest BCUT2D eigenvalue weighted by atomic mass is 10.1. The number of aryl methyl sites for hydroxylation is 2. The summed E-state index contributed by atoms with van der Waals surface area (Å²) < 4.78 is 0. The van der Waals surface area contributed by atoms with Gasteiger partial charge in [0, 0.05) is 12.2 Å². The minimum Gasteiger partial charge on any atom is -0.385 e. The Morgan fingerprint density at radius 1 is 0.895 bits per heavy atom. The lowest BCUT2D eigenvalue weighted by Crippen LogP contribution is -2.15. The van der Waals surface area contributed by atoms with E-state index in [9.17, 15) is 0 Å². The molecule has 19 heavy (non-hydrogen) atoms. The largest absolute Gasteiger partial charge is 0.385 e. The lowest BCUT2D eigenvalue weighted by Gasteiger charge is -2.10. The Morgan fingerprint density at radius 3 is 2.00 bits per heavy atom. The molecular formula is C18H21N. The summed E-state index contributed by atoms with van der Waals surface area (Å²) in [6.45, 7) is 9.21. The average molecular weight is 251 g/mol. The monoisotopic (exact) mass is 251 g/mol. The molecule has 0 heterocycles. The van der Waals surface area contributed by atoms with E-state index in [0.717, 1.165) is 24.2 Å². The summed E-state index contributed by atoms with van der Waals surface area (Å²) in [5.41, 5.74) is 6.09. The molecule has 0 radical (unpaired) electrons. The maximum Gasteiger partial charge on any atom is 0.0340 e. The van der Waals surface area contributed by atoms with Crippen LogP contribution in [-0.4, -0.2) is 6.54 Å². The zero-order valence-electron chi connectivity index (χ0n) is 11.7. The van der Waals surface area contributed by atoms with Gasteiger partial charge in [0.1, 0.15) is 0 Å². The number of hydrogen-bond donors (Lipinski definition) is 1. The van der Waals surface area contributed by atoms with E-state index in [2.05, 4.69) is 74.3 Å². The van der Waals surface area contributed by atoms with Crippen molar-refractivity contribution in [1.82, 2.24) is 5.32 Å². The molecular weight excluding hydrogens is 230 g/mol. The van der Waals surface area contributed by atoms with Gasteiger partial charge in [-0.25, -0.2) is 0 Å². The molecule has 98 valence electrons. The molecule has 0 bridgehead atoms.